The molecule has 0 saturated carbocycles. The third-order valence-corrected chi connectivity index (χ3v) is 4.06. The van der Waals surface area contributed by atoms with E-state index in [4.69, 9.17) is 4.74 Å². The van der Waals surface area contributed by atoms with Crippen LogP contribution in [0.2, 0.25) is 0 Å². The molecule has 0 aliphatic rings. The Kier molecular flexibility index (Phi) is 5.65. The second-order valence-electron chi connectivity index (χ2n) is 6.09. The molecule has 2 aromatic heterocycles. The van der Waals surface area contributed by atoms with E-state index in [0.717, 1.165) is 29.7 Å². The van der Waals surface area contributed by atoms with E-state index < -0.39 is 0 Å². The van der Waals surface area contributed by atoms with Gasteiger partial charge >= 0.3 is 0 Å². The highest BCUT2D eigenvalue weighted by Crippen LogP contribution is 2.19. The topological polar surface area (TPSA) is 94.0 Å². The number of amides is 1. The molecule has 0 aliphatic heterocycles. The monoisotopic (exact) mass is 366 g/mol. The molecule has 1 amide bonds. The molecule has 3 aromatic rings. The lowest BCUT2D eigenvalue weighted by atomic mass is 10.0. The van der Waals surface area contributed by atoms with Gasteiger partial charge in [-0.15, -0.1) is 0 Å². The molecule has 0 atom stereocenters. The number of benzene rings is 1. The molecule has 27 heavy (non-hydrogen) atoms. The zero-order chi connectivity index (χ0) is 19.2. The number of hydrogen-bond acceptors (Lipinski definition) is 6. The number of carbonyl (C=O) groups excluding carboxylic acids is 1. The van der Waals surface area contributed by atoms with E-state index in [1.54, 1.807) is 43.5 Å². The first-order valence-corrected chi connectivity index (χ1v) is 8.54. The lowest BCUT2D eigenvalue weighted by Crippen LogP contribution is -2.18. The van der Waals surface area contributed by atoms with Crippen LogP contribution >= 0.6 is 0 Å². The van der Waals surface area contributed by atoms with Crippen molar-refractivity contribution in [1.82, 2.24) is 25.1 Å². The molecule has 2 heterocycles. The highest BCUT2D eigenvalue weighted by molar-refractivity contribution is 5.94. The first kappa shape index (κ1) is 18.4. The van der Waals surface area contributed by atoms with Crippen molar-refractivity contribution in [3.05, 3.63) is 59.7 Å². The van der Waals surface area contributed by atoms with Crippen molar-refractivity contribution >= 4 is 17.5 Å². The van der Waals surface area contributed by atoms with Crippen LogP contribution < -0.4 is 15.4 Å². The van der Waals surface area contributed by atoms with Crippen molar-refractivity contribution in [3.63, 3.8) is 0 Å². The lowest BCUT2D eigenvalue weighted by molar-refractivity contribution is 0.0962. The largest absolute Gasteiger partial charge is 0.497 e. The molecule has 0 unspecified atom stereocenters. The van der Waals surface area contributed by atoms with Crippen molar-refractivity contribution in [3.8, 4) is 5.75 Å². The van der Waals surface area contributed by atoms with Gasteiger partial charge in [0.25, 0.3) is 5.91 Å². The van der Waals surface area contributed by atoms with Crippen LogP contribution in [0.15, 0.2) is 43.0 Å². The molecule has 0 fully saturated rings. The van der Waals surface area contributed by atoms with Crippen LogP contribution in [0.1, 0.15) is 21.5 Å². The van der Waals surface area contributed by atoms with Gasteiger partial charge in [0.15, 0.2) is 0 Å². The molecule has 0 spiro atoms. The second kappa shape index (κ2) is 8.31. The third kappa shape index (κ3) is 4.81. The first-order chi connectivity index (χ1) is 13.1. The summed E-state index contributed by atoms with van der Waals surface area (Å²) in [7, 11) is 5.05. The first-order valence-electron chi connectivity index (χ1n) is 8.54. The number of anilines is 2. The summed E-state index contributed by atoms with van der Waals surface area (Å²) in [5.41, 5.74) is 3.45. The summed E-state index contributed by atoms with van der Waals surface area (Å²) in [4.78, 5) is 20.6. The summed E-state index contributed by atoms with van der Waals surface area (Å²) < 4.78 is 7.00. The van der Waals surface area contributed by atoms with Gasteiger partial charge < -0.3 is 15.4 Å². The average Bonchev–Trinajstić information content (AvgIpc) is 3.11. The summed E-state index contributed by atoms with van der Waals surface area (Å²) in [5.74, 6) is 1.05. The molecular weight excluding hydrogens is 344 g/mol. The van der Waals surface area contributed by atoms with E-state index in [9.17, 15) is 4.79 Å². The number of ether oxygens (including phenoxy) is 1. The Morgan fingerprint density at radius 3 is 2.48 bits per heavy atom. The van der Waals surface area contributed by atoms with Crippen LogP contribution in [0.25, 0.3) is 0 Å². The van der Waals surface area contributed by atoms with Gasteiger partial charge in [-0.2, -0.15) is 5.10 Å². The Morgan fingerprint density at radius 1 is 1.11 bits per heavy atom. The van der Waals surface area contributed by atoms with E-state index in [1.807, 2.05) is 25.4 Å². The van der Waals surface area contributed by atoms with Crippen molar-refractivity contribution in [2.75, 3.05) is 19.5 Å². The third-order valence-electron chi connectivity index (χ3n) is 4.06. The molecule has 3 rings (SSSR count). The fraction of sp³-hybridized carbons (Fsp3) is 0.263. The van der Waals surface area contributed by atoms with Crippen molar-refractivity contribution in [2.24, 2.45) is 7.05 Å². The zero-order valence-electron chi connectivity index (χ0n) is 15.6. The highest BCUT2D eigenvalue weighted by Gasteiger charge is 2.08. The van der Waals surface area contributed by atoms with Gasteiger partial charge in [-0.25, -0.2) is 9.97 Å². The van der Waals surface area contributed by atoms with Gasteiger partial charge in [0.2, 0.25) is 5.95 Å². The number of aryl methyl sites for hydroxylation is 3. The minimum absolute atomic E-state index is 0.135. The Balaban J connectivity index is 1.65. The van der Waals surface area contributed by atoms with E-state index >= 15 is 0 Å². The van der Waals surface area contributed by atoms with Crippen molar-refractivity contribution in [2.45, 2.75) is 12.8 Å². The van der Waals surface area contributed by atoms with Crippen LogP contribution in [0.3, 0.4) is 0 Å². The normalized spacial score (nSPS) is 10.5. The second-order valence-corrected chi connectivity index (χ2v) is 6.09. The smallest absolute Gasteiger partial charge is 0.251 e. The standard InChI is InChI=1S/C19H22N6O2/c1-20-18(26)15-6-13(7-17(8-15)27-3)4-5-14-9-21-19(22-10-14)24-16-11-23-25(2)12-16/h6-12H,4-5H2,1-3H3,(H,20,26)(H,21,22,24). The predicted octanol–water partition coefficient (Wildman–Crippen LogP) is 2.11. The number of hydrogen-bond donors (Lipinski definition) is 2. The summed E-state index contributed by atoms with van der Waals surface area (Å²) in [5, 5.41) is 9.83. The van der Waals surface area contributed by atoms with Crippen LogP contribution in [-0.2, 0) is 19.9 Å². The van der Waals surface area contributed by atoms with E-state index in [-0.39, 0.29) is 5.91 Å². The zero-order valence-corrected chi connectivity index (χ0v) is 15.6. The summed E-state index contributed by atoms with van der Waals surface area (Å²) in [6.07, 6.45) is 8.67. The number of carbonyl (C=O) groups is 1. The number of nitrogens with one attached hydrogen (secondary N) is 2. The van der Waals surface area contributed by atoms with Crippen molar-refractivity contribution < 1.29 is 9.53 Å². The predicted molar refractivity (Wildman–Crippen MR) is 102 cm³/mol. The number of methoxy groups -OCH3 is 1. The van der Waals surface area contributed by atoms with Crippen LogP contribution in [0, 0.1) is 0 Å². The van der Waals surface area contributed by atoms with Crippen LogP contribution in [-0.4, -0.2) is 39.8 Å². The molecule has 0 saturated heterocycles. The fourth-order valence-electron chi connectivity index (χ4n) is 2.65. The molecule has 0 bridgehead atoms. The minimum Gasteiger partial charge on any atom is -0.497 e. The van der Waals surface area contributed by atoms with Gasteiger partial charge in [0.1, 0.15) is 5.75 Å². The fourth-order valence-corrected chi connectivity index (χ4v) is 2.65. The quantitative estimate of drug-likeness (QED) is 0.665. The summed E-state index contributed by atoms with van der Waals surface area (Å²) in [6.45, 7) is 0. The van der Waals surface area contributed by atoms with E-state index in [0.29, 0.717) is 17.3 Å². The summed E-state index contributed by atoms with van der Waals surface area (Å²) >= 11 is 0. The maximum absolute atomic E-state index is 11.9. The molecule has 140 valence electrons. The lowest BCUT2D eigenvalue weighted by Gasteiger charge is -2.09. The maximum Gasteiger partial charge on any atom is 0.251 e. The van der Waals surface area contributed by atoms with Gasteiger partial charge in [0, 0.05) is 38.2 Å². The molecule has 1 aromatic carbocycles. The maximum atomic E-state index is 11.9. The molecule has 0 aliphatic carbocycles. The SMILES string of the molecule is CNC(=O)c1cc(CCc2cnc(Nc3cnn(C)c3)nc2)cc(OC)c1. The van der Waals surface area contributed by atoms with Crippen LogP contribution in [0.4, 0.5) is 11.6 Å². The summed E-state index contributed by atoms with van der Waals surface area (Å²) in [6, 6.07) is 5.54. The van der Waals surface area contributed by atoms with Gasteiger partial charge in [-0.05, 0) is 42.2 Å². The number of aromatic nitrogens is 4. The Labute approximate surface area is 157 Å². The molecular formula is C19H22N6O2. The van der Waals surface area contributed by atoms with E-state index in [1.165, 1.54) is 0 Å². The minimum atomic E-state index is -0.135. The van der Waals surface area contributed by atoms with Gasteiger partial charge in [-0.1, -0.05) is 0 Å². The van der Waals surface area contributed by atoms with Crippen molar-refractivity contribution in [1.29, 1.82) is 0 Å². The number of nitrogens with zero attached hydrogens (tertiary/aromatic N) is 4. The molecule has 0 radical (unpaired) electrons. The Bertz CT molecular complexity index is 920. The Hall–Kier alpha value is -3.42. The van der Waals surface area contributed by atoms with E-state index in [2.05, 4.69) is 25.7 Å². The molecule has 8 heteroatoms. The molecule has 8 nitrogen and oxygen atoms in total. The Morgan fingerprint density at radius 2 is 1.85 bits per heavy atom. The van der Waals surface area contributed by atoms with Gasteiger partial charge in [-0.3, -0.25) is 9.48 Å². The number of rotatable bonds is 7. The highest BCUT2D eigenvalue weighted by atomic mass is 16.5. The van der Waals surface area contributed by atoms with Gasteiger partial charge in [0.05, 0.1) is 19.0 Å². The van der Waals surface area contributed by atoms with Crippen LogP contribution in [0.5, 0.6) is 5.75 Å². The average molecular weight is 366 g/mol. The molecule has 2 N–H and O–H groups in total.